The third kappa shape index (κ3) is 5.33. The van der Waals surface area contributed by atoms with E-state index in [0.717, 1.165) is 17.0 Å². The van der Waals surface area contributed by atoms with Gasteiger partial charge >= 0.3 is 6.09 Å². The lowest BCUT2D eigenvalue weighted by atomic mass is 10.2. The van der Waals surface area contributed by atoms with Gasteiger partial charge in [0.25, 0.3) is 0 Å². The molecule has 0 saturated heterocycles. The number of carbonyl (C=O) groups is 2. The predicted molar refractivity (Wildman–Crippen MR) is 87.1 cm³/mol. The first-order chi connectivity index (χ1) is 11.1. The van der Waals surface area contributed by atoms with Gasteiger partial charge in [-0.05, 0) is 18.9 Å². The normalized spacial score (nSPS) is 11.6. The summed E-state index contributed by atoms with van der Waals surface area (Å²) in [5.41, 5.74) is 0.876. The Balaban J connectivity index is 1.77. The van der Waals surface area contributed by atoms with Crippen LogP contribution >= 0.6 is 11.3 Å². The fourth-order valence-corrected chi connectivity index (χ4v) is 2.35. The number of alkyl carbamates (subject to hydrolysis) is 1. The topological polar surface area (TPSA) is 93.2 Å². The lowest BCUT2D eigenvalue weighted by Gasteiger charge is -2.13. The molecule has 1 atom stereocenters. The molecular formula is C15H18N4O3S. The lowest BCUT2D eigenvalue weighted by Crippen LogP contribution is -2.41. The summed E-state index contributed by atoms with van der Waals surface area (Å²) in [6.45, 7) is 3.68. The van der Waals surface area contributed by atoms with Crippen LogP contribution in [0.25, 0.3) is 0 Å². The average molecular weight is 334 g/mol. The largest absolute Gasteiger partial charge is 0.445 e. The van der Waals surface area contributed by atoms with Gasteiger partial charge in [0.2, 0.25) is 11.0 Å². The van der Waals surface area contributed by atoms with Crippen molar-refractivity contribution in [3.8, 4) is 0 Å². The van der Waals surface area contributed by atoms with Gasteiger partial charge in [-0.15, -0.1) is 10.2 Å². The van der Waals surface area contributed by atoms with E-state index in [4.69, 9.17) is 4.74 Å². The van der Waals surface area contributed by atoms with Crippen molar-refractivity contribution in [1.29, 1.82) is 0 Å². The molecule has 8 heteroatoms. The van der Waals surface area contributed by atoms with Gasteiger partial charge in [0, 0.05) is 0 Å². The predicted octanol–water partition coefficient (Wildman–Crippen LogP) is 2.35. The molecule has 2 N–H and O–H groups in total. The Bertz CT molecular complexity index is 660. The van der Waals surface area contributed by atoms with Gasteiger partial charge in [-0.3, -0.25) is 10.1 Å². The van der Waals surface area contributed by atoms with Crippen molar-refractivity contribution in [1.82, 2.24) is 15.5 Å². The molecule has 1 unspecified atom stereocenters. The van der Waals surface area contributed by atoms with Crippen molar-refractivity contribution in [3.63, 3.8) is 0 Å². The molecule has 0 aliphatic heterocycles. The van der Waals surface area contributed by atoms with E-state index in [0.29, 0.717) is 5.13 Å². The summed E-state index contributed by atoms with van der Waals surface area (Å²) in [5.74, 6) is -0.375. The second kappa shape index (κ2) is 8.23. The Labute approximate surface area is 138 Å². The van der Waals surface area contributed by atoms with Crippen LogP contribution in [0.15, 0.2) is 30.3 Å². The van der Waals surface area contributed by atoms with Crippen molar-refractivity contribution < 1.29 is 14.3 Å². The van der Waals surface area contributed by atoms with Crippen LogP contribution < -0.4 is 10.6 Å². The van der Waals surface area contributed by atoms with Crippen LogP contribution in [0.4, 0.5) is 9.93 Å². The van der Waals surface area contributed by atoms with Crippen LogP contribution in [0.1, 0.15) is 24.4 Å². The molecule has 0 aliphatic carbocycles. The minimum Gasteiger partial charge on any atom is -0.445 e. The molecule has 0 bridgehead atoms. The van der Waals surface area contributed by atoms with Gasteiger partial charge in [0.1, 0.15) is 17.7 Å². The van der Waals surface area contributed by atoms with Gasteiger partial charge < -0.3 is 10.1 Å². The Kier molecular flexibility index (Phi) is 6.04. The maximum atomic E-state index is 12.0. The molecule has 0 fully saturated rings. The number of benzene rings is 1. The second-order valence-electron chi connectivity index (χ2n) is 4.77. The molecule has 0 spiro atoms. The monoisotopic (exact) mass is 334 g/mol. The van der Waals surface area contributed by atoms with Crippen molar-refractivity contribution in [2.24, 2.45) is 0 Å². The Morgan fingerprint density at radius 3 is 2.65 bits per heavy atom. The van der Waals surface area contributed by atoms with Crippen LogP contribution in [0, 0.1) is 0 Å². The zero-order chi connectivity index (χ0) is 16.7. The smallest absolute Gasteiger partial charge is 0.408 e. The zero-order valence-corrected chi connectivity index (χ0v) is 13.7. The van der Waals surface area contributed by atoms with E-state index in [2.05, 4.69) is 20.8 Å². The number of nitrogens with one attached hydrogen (secondary N) is 2. The van der Waals surface area contributed by atoms with E-state index >= 15 is 0 Å². The number of amides is 2. The number of hydrogen-bond donors (Lipinski definition) is 2. The number of carbonyl (C=O) groups excluding carboxylic acids is 2. The summed E-state index contributed by atoms with van der Waals surface area (Å²) in [7, 11) is 0. The first kappa shape index (κ1) is 16.9. The van der Waals surface area contributed by atoms with Crippen LogP contribution in [-0.4, -0.2) is 28.2 Å². The van der Waals surface area contributed by atoms with Gasteiger partial charge in [-0.1, -0.05) is 48.6 Å². The van der Waals surface area contributed by atoms with Gasteiger partial charge in [-0.2, -0.15) is 0 Å². The number of ether oxygens (including phenoxy) is 1. The van der Waals surface area contributed by atoms with E-state index in [1.165, 1.54) is 11.3 Å². The third-order valence-electron chi connectivity index (χ3n) is 2.94. The van der Waals surface area contributed by atoms with Crippen LogP contribution in [0.2, 0.25) is 0 Å². The van der Waals surface area contributed by atoms with E-state index < -0.39 is 12.1 Å². The Morgan fingerprint density at radius 1 is 1.26 bits per heavy atom. The summed E-state index contributed by atoms with van der Waals surface area (Å²) in [5, 5.41) is 14.1. The maximum Gasteiger partial charge on any atom is 0.408 e. The standard InChI is InChI=1S/C15H18N4O3S/c1-3-12-18-19-14(23-12)17-13(20)10(2)16-15(21)22-9-11-7-5-4-6-8-11/h4-8,10H,3,9H2,1-2H3,(H,16,21)(H,17,19,20). The lowest BCUT2D eigenvalue weighted by molar-refractivity contribution is -0.117. The van der Waals surface area contributed by atoms with Crippen LogP contribution in [0.3, 0.4) is 0 Å². The number of anilines is 1. The fourth-order valence-electron chi connectivity index (χ4n) is 1.67. The Morgan fingerprint density at radius 2 is 2.00 bits per heavy atom. The molecule has 23 heavy (non-hydrogen) atoms. The van der Waals surface area contributed by atoms with Crippen molar-refractivity contribution in [3.05, 3.63) is 40.9 Å². The summed E-state index contributed by atoms with van der Waals surface area (Å²) >= 11 is 1.31. The maximum absolute atomic E-state index is 12.0. The molecule has 7 nitrogen and oxygen atoms in total. The summed E-state index contributed by atoms with van der Waals surface area (Å²) in [4.78, 5) is 23.7. The Hall–Kier alpha value is -2.48. The summed E-state index contributed by atoms with van der Waals surface area (Å²) in [6, 6.07) is 8.56. The molecule has 2 amide bonds. The third-order valence-corrected chi connectivity index (χ3v) is 3.92. The highest BCUT2D eigenvalue weighted by Gasteiger charge is 2.18. The molecule has 0 aliphatic rings. The molecule has 1 aromatic heterocycles. The average Bonchev–Trinajstić information content (AvgIpc) is 3.01. The molecular weight excluding hydrogens is 316 g/mol. The van der Waals surface area contributed by atoms with Gasteiger partial charge in [-0.25, -0.2) is 4.79 Å². The van der Waals surface area contributed by atoms with Crippen LogP contribution in [-0.2, 0) is 22.6 Å². The fraction of sp³-hybridized carbons (Fsp3) is 0.333. The first-order valence-corrected chi connectivity index (χ1v) is 8.00. The highest BCUT2D eigenvalue weighted by Crippen LogP contribution is 2.15. The van der Waals surface area contributed by atoms with Gasteiger partial charge in [0.05, 0.1) is 0 Å². The highest BCUT2D eigenvalue weighted by atomic mass is 32.1. The molecule has 122 valence electrons. The second-order valence-corrected chi connectivity index (χ2v) is 5.83. The number of rotatable bonds is 6. The van der Waals surface area contributed by atoms with E-state index in [9.17, 15) is 9.59 Å². The molecule has 0 radical (unpaired) electrons. The van der Waals surface area contributed by atoms with E-state index in [1.807, 2.05) is 37.3 Å². The zero-order valence-electron chi connectivity index (χ0n) is 12.9. The molecule has 0 saturated carbocycles. The molecule has 1 aromatic carbocycles. The minimum atomic E-state index is -0.743. The number of aromatic nitrogens is 2. The molecule has 1 heterocycles. The summed E-state index contributed by atoms with van der Waals surface area (Å²) in [6.07, 6.45) is 0.107. The SMILES string of the molecule is CCc1nnc(NC(=O)C(C)NC(=O)OCc2ccccc2)s1. The van der Waals surface area contributed by atoms with E-state index in [-0.39, 0.29) is 12.5 Å². The number of nitrogens with zero attached hydrogens (tertiary/aromatic N) is 2. The quantitative estimate of drug-likeness (QED) is 0.846. The van der Waals surface area contributed by atoms with Crippen molar-refractivity contribution in [2.45, 2.75) is 32.9 Å². The minimum absolute atomic E-state index is 0.150. The number of aryl methyl sites for hydroxylation is 1. The van der Waals surface area contributed by atoms with Crippen molar-refractivity contribution >= 4 is 28.5 Å². The van der Waals surface area contributed by atoms with Crippen LogP contribution in [0.5, 0.6) is 0 Å². The highest BCUT2D eigenvalue weighted by molar-refractivity contribution is 7.15. The number of hydrogen-bond acceptors (Lipinski definition) is 6. The molecule has 2 rings (SSSR count). The summed E-state index contributed by atoms with van der Waals surface area (Å²) < 4.78 is 5.07. The first-order valence-electron chi connectivity index (χ1n) is 7.19. The van der Waals surface area contributed by atoms with E-state index in [1.54, 1.807) is 6.92 Å². The molecule has 2 aromatic rings. The van der Waals surface area contributed by atoms with Gasteiger partial charge in [0.15, 0.2) is 0 Å². The van der Waals surface area contributed by atoms with Crippen molar-refractivity contribution in [2.75, 3.05) is 5.32 Å².